The molecule has 154 valence electrons. The molecular weight excluding hydrogens is 451 g/mol. The van der Waals surface area contributed by atoms with Crippen molar-refractivity contribution in [1.29, 1.82) is 0 Å². The van der Waals surface area contributed by atoms with Crippen molar-refractivity contribution in [2.24, 2.45) is 10.9 Å². The summed E-state index contributed by atoms with van der Waals surface area (Å²) in [6.07, 6.45) is 4.73. The van der Waals surface area contributed by atoms with Gasteiger partial charge in [0.05, 0.1) is 0 Å². The van der Waals surface area contributed by atoms with Gasteiger partial charge in [0.15, 0.2) is 5.96 Å². The highest BCUT2D eigenvalue weighted by atomic mass is 127. The van der Waals surface area contributed by atoms with E-state index in [4.69, 9.17) is 4.74 Å². The van der Waals surface area contributed by atoms with E-state index in [-0.39, 0.29) is 24.0 Å². The van der Waals surface area contributed by atoms with Gasteiger partial charge in [0, 0.05) is 46.9 Å². The summed E-state index contributed by atoms with van der Waals surface area (Å²) in [7, 11) is 6.19. The van der Waals surface area contributed by atoms with E-state index in [1.54, 1.807) is 0 Å². The first kappa shape index (κ1) is 24.2. The first-order valence-corrected chi connectivity index (χ1v) is 9.91. The topological polar surface area (TPSA) is 40.1 Å². The molecule has 1 heterocycles. The molecule has 0 aromatic heterocycles. The van der Waals surface area contributed by atoms with Crippen molar-refractivity contribution in [3.63, 3.8) is 0 Å². The molecular formula is C21H37IN4O. The zero-order valence-electron chi connectivity index (χ0n) is 17.2. The normalized spacial score (nSPS) is 15.5. The minimum absolute atomic E-state index is 0. The summed E-state index contributed by atoms with van der Waals surface area (Å²) >= 11 is 0. The minimum Gasteiger partial charge on any atom is -0.381 e. The Kier molecular flexibility index (Phi) is 12.7. The van der Waals surface area contributed by atoms with Crippen LogP contribution in [0.2, 0.25) is 0 Å². The predicted octanol–water partition coefficient (Wildman–Crippen LogP) is 3.45. The van der Waals surface area contributed by atoms with Gasteiger partial charge in [-0.2, -0.15) is 0 Å². The molecule has 0 saturated carbocycles. The highest BCUT2D eigenvalue weighted by Gasteiger charge is 2.15. The van der Waals surface area contributed by atoms with Crippen LogP contribution in [0, 0.1) is 5.92 Å². The van der Waals surface area contributed by atoms with Gasteiger partial charge in [-0.05, 0) is 50.8 Å². The zero-order chi connectivity index (χ0) is 18.6. The Hall–Kier alpha value is -0.860. The average Bonchev–Trinajstić information content (AvgIpc) is 2.68. The van der Waals surface area contributed by atoms with Crippen LogP contribution in [-0.4, -0.2) is 69.8 Å². The summed E-state index contributed by atoms with van der Waals surface area (Å²) in [5.74, 6) is 1.80. The van der Waals surface area contributed by atoms with Crippen LogP contribution in [0.25, 0.3) is 0 Å². The lowest BCUT2D eigenvalue weighted by Gasteiger charge is -2.27. The molecule has 1 N–H and O–H groups in total. The van der Waals surface area contributed by atoms with Crippen LogP contribution in [0.3, 0.4) is 0 Å². The zero-order valence-corrected chi connectivity index (χ0v) is 19.5. The largest absolute Gasteiger partial charge is 0.381 e. The van der Waals surface area contributed by atoms with E-state index in [2.05, 4.69) is 64.5 Å². The van der Waals surface area contributed by atoms with Crippen LogP contribution < -0.4 is 5.32 Å². The third-order valence-corrected chi connectivity index (χ3v) is 5.08. The molecule has 1 saturated heterocycles. The molecule has 5 nitrogen and oxygen atoms in total. The Morgan fingerprint density at radius 1 is 1.15 bits per heavy atom. The highest BCUT2D eigenvalue weighted by molar-refractivity contribution is 14.0. The standard InChI is InChI=1S/C21H36N4O.HI/c1-22-21(25(3)15-10-19-11-16-26-17-12-19)23-13-7-14-24(2)18-20-8-5-4-6-9-20;/h4-6,8-9,19H,7,10-18H2,1-3H3,(H,22,23);1H. The quantitative estimate of drug-likeness (QED) is 0.250. The van der Waals surface area contributed by atoms with Crippen molar-refractivity contribution >= 4 is 29.9 Å². The summed E-state index contributed by atoms with van der Waals surface area (Å²) in [6, 6.07) is 10.6. The van der Waals surface area contributed by atoms with Gasteiger partial charge < -0.3 is 19.9 Å². The van der Waals surface area contributed by atoms with Crippen LogP contribution in [0.5, 0.6) is 0 Å². The van der Waals surface area contributed by atoms with Gasteiger partial charge in [0.2, 0.25) is 0 Å². The number of hydrogen-bond acceptors (Lipinski definition) is 3. The summed E-state index contributed by atoms with van der Waals surface area (Å²) in [4.78, 5) is 9.05. The Morgan fingerprint density at radius 2 is 1.85 bits per heavy atom. The monoisotopic (exact) mass is 488 g/mol. The third-order valence-electron chi connectivity index (χ3n) is 5.08. The molecule has 1 aromatic carbocycles. The first-order valence-electron chi connectivity index (χ1n) is 9.91. The number of halogens is 1. The lowest BCUT2D eigenvalue weighted by atomic mass is 9.96. The fourth-order valence-corrected chi connectivity index (χ4v) is 3.43. The van der Waals surface area contributed by atoms with Crippen LogP contribution in [0.4, 0.5) is 0 Å². The second-order valence-corrected chi connectivity index (χ2v) is 7.32. The number of guanidine groups is 1. The molecule has 0 aliphatic carbocycles. The SMILES string of the molecule is CN=C(NCCCN(C)Cc1ccccc1)N(C)CCC1CCOCC1.I. The van der Waals surface area contributed by atoms with E-state index in [9.17, 15) is 0 Å². The fourth-order valence-electron chi connectivity index (χ4n) is 3.43. The van der Waals surface area contributed by atoms with Gasteiger partial charge >= 0.3 is 0 Å². The lowest BCUT2D eigenvalue weighted by Crippen LogP contribution is -2.41. The van der Waals surface area contributed by atoms with Gasteiger partial charge in [-0.3, -0.25) is 4.99 Å². The lowest BCUT2D eigenvalue weighted by molar-refractivity contribution is 0.0625. The molecule has 0 bridgehead atoms. The van der Waals surface area contributed by atoms with E-state index >= 15 is 0 Å². The minimum atomic E-state index is 0. The molecule has 0 unspecified atom stereocenters. The maximum atomic E-state index is 5.44. The van der Waals surface area contributed by atoms with Gasteiger partial charge in [-0.1, -0.05) is 30.3 Å². The van der Waals surface area contributed by atoms with Gasteiger partial charge in [-0.15, -0.1) is 24.0 Å². The third kappa shape index (κ3) is 9.76. The maximum Gasteiger partial charge on any atom is 0.193 e. The fraction of sp³-hybridized carbons (Fsp3) is 0.667. The number of ether oxygens (including phenoxy) is 1. The number of hydrogen-bond donors (Lipinski definition) is 1. The van der Waals surface area contributed by atoms with E-state index < -0.39 is 0 Å². The summed E-state index contributed by atoms with van der Waals surface area (Å²) in [6.45, 7) is 5.94. The van der Waals surface area contributed by atoms with Crippen LogP contribution >= 0.6 is 24.0 Å². The van der Waals surface area contributed by atoms with Crippen molar-refractivity contribution in [3.8, 4) is 0 Å². The van der Waals surface area contributed by atoms with Gasteiger partial charge in [0.25, 0.3) is 0 Å². The Bertz CT molecular complexity index is 520. The molecule has 0 radical (unpaired) electrons. The Balaban J connectivity index is 0.00000364. The molecule has 27 heavy (non-hydrogen) atoms. The second kappa shape index (κ2) is 14.2. The summed E-state index contributed by atoms with van der Waals surface area (Å²) < 4.78 is 5.44. The van der Waals surface area contributed by atoms with E-state index in [1.165, 1.54) is 24.8 Å². The molecule has 0 atom stereocenters. The molecule has 1 aromatic rings. The number of aliphatic imine (C=N–C) groups is 1. The molecule has 2 rings (SSSR count). The van der Waals surface area contributed by atoms with Crippen molar-refractivity contribution in [2.75, 3.05) is 54.0 Å². The average molecular weight is 488 g/mol. The van der Waals surface area contributed by atoms with Gasteiger partial charge in [0.1, 0.15) is 0 Å². The van der Waals surface area contributed by atoms with Crippen molar-refractivity contribution in [1.82, 2.24) is 15.1 Å². The Labute approximate surface area is 182 Å². The summed E-state index contributed by atoms with van der Waals surface area (Å²) in [5.41, 5.74) is 1.37. The molecule has 1 aliphatic rings. The smallest absolute Gasteiger partial charge is 0.193 e. The van der Waals surface area contributed by atoms with Gasteiger partial charge in [-0.25, -0.2) is 0 Å². The molecule has 6 heteroatoms. The maximum absolute atomic E-state index is 5.44. The molecule has 0 amide bonds. The second-order valence-electron chi connectivity index (χ2n) is 7.32. The summed E-state index contributed by atoms with van der Waals surface area (Å²) in [5, 5.41) is 3.50. The van der Waals surface area contributed by atoms with Crippen LogP contribution in [-0.2, 0) is 11.3 Å². The molecule has 0 spiro atoms. The van der Waals surface area contributed by atoms with E-state index in [1.807, 2.05) is 7.05 Å². The van der Waals surface area contributed by atoms with Crippen molar-refractivity contribution in [3.05, 3.63) is 35.9 Å². The number of nitrogens with one attached hydrogen (secondary N) is 1. The van der Waals surface area contributed by atoms with E-state index in [0.717, 1.165) is 57.7 Å². The van der Waals surface area contributed by atoms with Crippen LogP contribution in [0.1, 0.15) is 31.2 Å². The highest BCUT2D eigenvalue weighted by Crippen LogP contribution is 2.18. The predicted molar refractivity (Wildman–Crippen MR) is 125 cm³/mol. The van der Waals surface area contributed by atoms with E-state index in [0.29, 0.717) is 0 Å². The van der Waals surface area contributed by atoms with Crippen molar-refractivity contribution < 1.29 is 4.74 Å². The first-order chi connectivity index (χ1) is 12.7. The molecule has 1 fully saturated rings. The number of rotatable bonds is 9. The number of benzene rings is 1. The van der Waals surface area contributed by atoms with Crippen LogP contribution in [0.15, 0.2) is 35.3 Å². The Morgan fingerprint density at radius 3 is 2.52 bits per heavy atom. The number of nitrogens with zero attached hydrogens (tertiary/aromatic N) is 3. The van der Waals surface area contributed by atoms with Crippen molar-refractivity contribution in [2.45, 2.75) is 32.2 Å². The molecule has 1 aliphatic heterocycles.